The molecule has 0 spiro atoms. The van der Waals surface area contributed by atoms with Gasteiger partial charge in [0.05, 0.1) is 5.75 Å². The first-order chi connectivity index (χ1) is 13.6. The zero-order chi connectivity index (χ0) is 19.5. The van der Waals surface area contributed by atoms with Crippen molar-refractivity contribution in [2.75, 3.05) is 0 Å². The monoisotopic (exact) mass is 411 g/mol. The fraction of sp³-hybridized carbons (Fsp3) is 0.200. The highest BCUT2D eigenvalue weighted by Gasteiger charge is 2.15. The van der Waals surface area contributed by atoms with Crippen LogP contribution in [-0.2, 0) is 12.3 Å². The molecule has 4 aromatic rings. The van der Waals surface area contributed by atoms with Crippen molar-refractivity contribution in [2.24, 2.45) is 0 Å². The number of rotatable bonds is 6. The molecule has 0 radical (unpaired) electrons. The lowest BCUT2D eigenvalue weighted by atomic mass is 10.1. The summed E-state index contributed by atoms with van der Waals surface area (Å²) in [5.74, 6) is 2.48. The van der Waals surface area contributed by atoms with E-state index in [9.17, 15) is 0 Å². The average molecular weight is 412 g/mol. The van der Waals surface area contributed by atoms with Crippen LogP contribution in [0.15, 0.2) is 58.2 Å². The molecule has 2 aromatic heterocycles. The van der Waals surface area contributed by atoms with Crippen molar-refractivity contribution in [1.29, 1.82) is 0 Å². The van der Waals surface area contributed by atoms with Crippen LogP contribution in [0, 0.1) is 6.92 Å². The normalized spacial score (nSPS) is 11.1. The van der Waals surface area contributed by atoms with Gasteiger partial charge in [-0.15, -0.1) is 10.2 Å². The number of aromatic nitrogens is 5. The quantitative estimate of drug-likeness (QED) is 0.402. The van der Waals surface area contributed by atoms with Gasteiger partial charge in [-0.05, 0) is 38.1 Å². The number of nitrogens with zero attached hydrogens (tertiary/aromatic N) is 5. The Kier molecular flexibility index (Phi) is 5.45. The Bertz CT molecular complexity index is 1090. The zero-order valence-corrected chi connectivity index (χ0v) is 17.0. The van der Waals surface area contributed by atoms with Crippen LogP contribution in [0.1, 0.15) is 18.3 Å². The minimum atomic E-state index is 0.521. The SMILES string of the molecule is CCn1c(SCc2noc(-c3ccc(C)cc3)n2)nnc1-c1cccc(Cl)c1. The second kappa shape index (κ2) is 8.16. The third kappa shape index (κ3) is 3.95. The number of hydrogen-bond acceptors (Lipinski definition) is 6. The Labute approximate surface area is 172 Å². The van der Waals surface area contributed by atoms with Crippen LogP contribution in [0.5, 0.6) is 0 Å². The predicted molar refractivity (Wildman–Crippen MR) is 110 cm³/mol. The van der Waals surface area contributed by atoms with Crippen molar-refractivity contribution in [2.45, 2.75) is 31.3 Å². The fourth-order valence-corrected chi connectivity index (χ4v) is 3.81. The third-order valence-electron chi connectivity index (χ3n) is 4.21. The molecule has 4 rings (SSSR count). The number of aryl methyl sites for hydroxylation is 1. The van der Waals surface area contributed by atoms with Crippen molar-refractivity contribution in [3.8, 4) is 22.8 Å². The van der Waals surface area contributed by atoms with E-state index in [1.165, 1.54) is 17.3 Å². The summed E-state index contributed by atoms with van der Waals surface area (Å²) in [7, 11) is 0. The summed E-state index contributed by atoms with van der Waals surface area (Å²) in [6.07, 6.45) is 0. The lowest BCUT2D eigenvalue weighted by Crippen LogP contribution is -2.00. The first-order valence-corrected chi connectivity index (χ1v) is 10.2. The van der Waals surface area contributed by atoms with Crippen molar-refractivity contribution < 1.29 is 4.52 Å². The fourth-order valence-electron chi connectivity index (χ4n) is 2.78. The van der Waals surface area contributed by atoms with Gasteiger partial charge in [0.25, 0.3) is 5.89 Å². The summed E-state index contributed by atoms with van der Waals surface area (Å²) in [6.45, 7) is 4.85. The van der Waals surface area contributed by atoms with Crippen LogP contribution in [0.25, 0.3) is 22.8 Å². The second-order valence-electron chi connectivity index (χ2n) is 6.23. The lowest BCUT2D eigenvalue weighted by molar-refractivity contribution is 0.425. The minimum Gasteiger partial charge on any atom is -0.334 e. The van der Waals surface area contributed by atoms with Gasteiger partial charge in [0.1, 0.15) is 0 Å². The van der Waals surface area contributed by atoms with Crippen LogP contribution in [0.4, 0.5) is 0 Å². The van der Waals surface area contributed by atoms with E-state index in [2.05, 4.69) is 31.8 Å². The van der Waals surface area contributed by atoms with Crippen LogP contribution in [0.3, 0.4) is 0 Å². The van der Waals surface area contributed by atoms with E-state index in [0.717, 1.165) is 28.7 Å². The molecule has 0 saturated heterocycles. The maximum atomic E-state index is 6.11. The highest BCUT2D eigenvalue weighted by atomic mass is 35.5. The number of halogens is 1. The predicted octanol–water partition coefficient (Wildman–Crippen LogP) is 5.27. The molecule has 0 unspecified atom stereocenters. The molecule has 28 heavy (non-hydrogen) atoms. The van der Waals surface area contributed by atoms with Crippen LogP contribution in [0.2, 0.25) is 5.02 Å². The summed E-state index contributed by atoms with van der Waals surface area (Å²) in [6, 6.07) is 15.6. The molecule has 8 heteroatoms. The van der Waals surface area contributed by atoms with Crippen molar-refractivity contribution in [3.05, 3.63) is 64.9 Å². The maximum absolute atomic E-state index is 6.11. The van der Waals surface area contributed by atoms with Gasteiger partial charge in [0.2, 0.25) is 0 Å². The molecule has 2 aromatic carbocycles. The van der Waals surface area contributed by atoms with Crippen LogP contribution >= 0.6 is 23.4 Å². The Hall–Kier alpha value is -2.64. The Morgan fingerprint density at radius 2 is 1.89 bits per heavy atom. The first kappa shape index (κ1) is 18.7. The number of benzene rings is 2. The van der Waals surface area contributed by atoms with Gasteiger partial charge in [0.15, 0.2) is 16.8 Å². The molecule has 0 saturated carbocycles. The van der Waals surface area contributed by atoms with E-state index >= 15 is 0 Å². The molecule has 2 heterocycles. The molecule has 0 N–H and O–H groups in total. The van der Waals surface area contributed by atoms with Gasteiger partial charge >= 0.3 is 0 Å². The standard InChI is InChI=1S/C20H18ClN5OS/c1-3-26-18(15-5-4-6-16(21)11-15)23-24-20(26)28-12-17-22-19(27-25-17)14-9-7-13(2)8-10-14/h4-11H,3,12H2,1-2H3. The molecule has 142 valence electrons. The highest BCUT2D eigenvalue weighted by Crippen LogP contribution is 2.27. The van der Waals surface area contributed by atoms with Crippen molar-refractivity contribution >= 4 is 23.4 Å². The summed E-state index contributed by atoms with van der Waals surface area (Å²) in [4.78, 5) is 4.48. The summed E-state index contributed by atoms with van der Waals surface area (Å²) < 4.78 is 7.44. The molecule has 0 atom stereocenters. The number of hydrogen-bond donors (Lipinski definition) is 0. The molecule has 0 aliphatic carbocycles. The van der Waals surface area contributed by atoms with E-state index in [-0.39, 0.29) is 0 Å². The lowest BCUT2D eigenvalue weighted by Gasteiger charge is -2.06. The first-order valence-electron chi connectivity index (χ1n) is 8.85. The zero-order valence-electron chi connectivity index (χ0n) is 15.5. The molecular formula is C20H18ClN5OS. The Morgan fingerprint density at radius 1 is 1.07 bits per heavy atom. The minimum absolute atomic E-state index is 0.521. The average Bonchev–Trinajstić information content (AvgIpc) is 3.33. The molecule has 0 fully saturated rings. The van der Waals surface area contributed by atoms with Crippen LogP contribution < -0.4 is 0 Å². The Morgan fingerprint density at radius 3 is 2.64 bits per heavy atom. The van der Waals surface area contributed by atoms with E-state index in [0.29, 0.717) is 22.5 Å². The summed E-state index contributed by atoms with van der Waals surface area (Å²) >= 11 is 7.64. The molecule has 6 nitrogen and oxygen atoms in total. The van der Waals surface area contributed by atoms with E-state index in [1.54, 1.807) is 0 Å². The van der Waals surface area contributed by atoms with Gasteiger partial charge in [-0.3, -0.25) is 0 Å². The van der Waals surface area contributed by atoms with Crippen molar-refractivity contribution in [1.82, 2.24) is 24.9 Å². The maximum Gasteiger partial charge on any atom is 0.257 e. The van der Waals surface area contributed by atoms with Gasteiger partial charge in [-0.25, -0.2) is 0 Å². The third-order valence-corrected chi connectivity index (χ3v) is 5.41. The molecule has 0 amide bonds. The van der Waals surface area contributed by atoms with Gasteiger partial charge in [-0.1, -0.05) is 58.3 Å². The van der Waals surface area contributed by atoms with Gasteiger partial charge in [-0.2, -0.15) is 4.98 Å². The van der Waals surface area contributed by atoms with E-state index < -0.39 is 0 Å². The topological polar surface area (TPSA) is 69.6 Å². The Balaban J connectivity index is 1.50. The number of thioether (sulfide) groups is 1. The molecule has 0 bridgehead atoms. The molecular weight excluding hydrogens is 394 g/mol. The largest absolute Gasteiger partial charge is 0.334 e. The summed E-state index contributed by atoms with van der Waals surface area (Å²) in [5.41, 5.74) is 3.04. The van der Waals surface area contributed by atoms with Crippen molar-refractivity contribution in [3.63, 3.8) is 0 Å². The second-order valence-corrected chi connectivity index (χ2v) is 7.61. The highest BCUT2D eigenvalue weighted by molar-refractivity contribution is 7.98. The van der Waals surface area contributed by atoms with Crippen LogP contribution in [-0.4, -0.2) is 24.9 Å². The van der Waals surface area contributed by atoms with E-state index in [1.807, 2.05) is 55.5 Å². The van der Waals surface area contributed by atoms with E-state index in [4.69, 9.17) is 16.1 Å². The molecule has 0 aliphatic heterocycles. The summed E-state index contributed by atoms with van der Waals surface area (Å²) in [5, 5.41) is 14.2. The van der Waals surface area contributed by atoms with Gasteiger partial charge < -0.3 is 9.09 Å². The van der Waals surface area contributed by atoms with Gasteiger partial charge in [0, 0.05) is 22.7 Å². The molecule has 0 aliphatic rings. The smallest absolute Gasteiger partial charge is 0.257 e.